The van der Waals surface area contributed by atoms with Gasteiger partial charge in [0.25, 0.3) is 11.6 Å². The molecule has 5 rings (SSSR count). The van der Waals surface area contributed by atoms with E-state index in [1.807, 2.05) is 24.0 Å². The Morgan fingerprint density at radius 3 is 2.63 bits per heavy atom. The smallest absolute Gasteiger partial charge is 0.293 e. The average Bonchev–Trinajstić information content (AvgIpc) is 3.33. The Kier molecular flexibility index (Phi) is 7.26. The largest absolute Gasteiger partial charge is 0.436 e. The van der Waals surface area contributed by atoms with Gasteiger partial charge < -0.3 is 14.6 Å². The SMILES string of the molecule is Cc1ccc(-c2nc3cc(NC(=S)NC(=O)c4ccc(N5CCCCC5)c([N+](=O)[O-])c4)ccc3o2)cc1Cl. The van der Waals surface area contributed by atoms with Gasteiger partial charge in [0.2, 0.25) is 5.89 Å². The number of halogens is 1. The van der Waals surface area contributed by atoms with Crippen molar-refractivity contribution >= 4 is 63.0 Å². The Hall–Kier alpha value is -4.02. The molecule has 9 nitrogen and oxygen atoms in total. The highest BCUT2D eigenvalue weighted by Crippen LogP contribution is 2.32. The number of aryl methyl sites for hydroxylation is 1. The summed E-state index contributed by atoms with van der Waals surface area (Å²) in [7, 11) is 0. The average molecular weight is 550 g/mol. The summed E-state index contributed by atoms with van der Waals surface area (Å²) in [5.41, 5.74) is 4.07. The van der Waals surface area contributed by atoms with Crippen LogP contribution in [0.25, 0.3) is 22.6 Å². The molecule has 2 heterocycles. The van der Waals surface area contributed by atoms with Gasteiger partial charge in [-0.25, -0.2) is 4.98 Å². The standard InChI is InChI=1S/C27H24ClN5O4S/c1-16-5-6-18(13-20(16)28)26-30-21-15-19(8-10-24(21)37-26)29-27(38)31-25(34)17-7-9-22(23(14-17)33(35)36)32-11-3-2-4-12-32/h5-10,13-15H,2-4,11-12H2,1H3,(H2,29,31,34,38). The van der Waals surface area contributed by atoms with Crippen molar-refractivity contribution in [2.75, 3.05) is 23.3 Å². The minimum Gasteiger partial charge on any atom is -0.436 e. The van der Waals surface area contributed by atoms with Crippen molar-refractivity contribution in [3.63, 3.8) is 0 Å². The van der Waals surface area contributed by atoms with Gasteiger partial charge in [-0.05, 0) is 86.4 Å². The quantitative estimate of drug-likeness (QED) is 0.165. The molecular weight excluding hydrogens is 526 g/mol. The highest BCUT2D eigenvalue weighted by molar-refractivity contribution is 7.80. The Morgan fingerprint density at radius 2 is 1.89 bits per heavy atom. The van der Waals surface area contributed by atoms with Crippen LogP contribution >= 0.6 is 23.8 Å². The van der Waals surface area contributed by atoms with E-state index >= 15 is 0 Å². The number of nitrogens with one attached hydrogen (secondary N) is 2. The van der Waals surface area contributed by atoms with Gasteiger partial charge in [-0.3, -0.25) is 20.2 Å². The van der Waals surface area contributed by atoms with E-state index in [1.54, 1.807) is 36.4 Å². The molecule has 0 atom stereocenters. The second-order valence-electron chi connectivity index (χ2n) is 9.08. The maximum atomic E-state index is 12.8. The Balaban J connectivity index is 1.28. The number of thiocarbonyl (C=S) groups is 1. The number of oxazole rings is 1. The molecule has 0 bridgehead atoms. The molecule has 0 aliphatic carbocycles. The normalized spacial score (nSPS) is 13.4. The topological polar surface area (TPSA) is 114 Å². The fraction of sp³-hybridized carbons (Fsp3) is 0.222. The molecule has 4 aromatic rings. The Labute approximate surface area is 228 Å². The van der Waals surface area contributed by atoms with E-state index in [1.165, 1.54) is 6.07 Å². The first-order chi connectivity index (χ1) is 18.3. The van der Waals surface area contributed by atoms with Crippen LogP contribution in [0.1, 0.15) is 35.2 Å². The number of hydrogen-bond donors (Lipinski definition) is 2. The number of nitro groups is 1. The van der Waals surface area contributed by atoms with Crippen molar-refractivity contribution in [1.82, 2.24) is 10.3 Å². The van der Waals surface area contributed by atoms with E-state index < -0.39 is 10.8 Å². The molecule has 0 radical (unpaired) electrons. The van der Waals surface area contributed by atoms with Crippen LogP contribution < -0.4 is 15.5 Å². The van der Waals surface area contributed by atoms with Crippen molar-refractivity contribution in [3.8, 4) is 11.5 Å². The van der Waals surface area contributed by atoms with Gasteiger partial charge in [-0.2, -0.15) is 0 Å². The molecule has 1 saturated heterocycles. The van der Waals surface area contributed by atoms with Crippen molar-refractivity contribution in [1.29, 1.82) is 0 Å². The molecule has 0 unspecified atom stereocenters. The van der Waals surface area contributed by atoms with Gasteiger partial charge >= 0.3 is 0 Å². The molecular formula is C27H24ClN5O4S. The molecule has 11 heteroatoms. The summed E-state index contributed by atoms with van der Waals surface area (Å²) in [6, 6.07) is 15.3. The molecule has 1 fully saturated rings. The van der Waals surface area contributed by atoms with Gasteiger partial charge in [-0.15, -0.1) is 0 Å². The fourth-order valence-electron chi connectivity index (χ4n) is 4.41. The molecule has 1 amide bonds. The highest BCUT2D eigenvalue weighted by Gasteiger charge is 2.23. The minimum absolute atomic E-state index is 0.0474. The van der Waals surface area contributed by atoms with Crippen LogP contribution in [0.3, 0.4) is 0 Å². The van der Waals surface area contributed by atoms with Gasteiger partial charge in [-0.1, -0.05) is 17.7 Å². The number of rotatable bonds is 5. The number of benzene rings is 3. The first-order valence-corrected chi connectivity index (χ1v) is 12.9. The van der Waals surface area contributed by atoms with E-state index in [-0.39, 0.29) is 16.4 Å². The first-order valence-electron chi connectivity index (χ1n) is 12.1. The lowest BCUT2D eigenvalue weighted by atomic mass is 10.1. The number of aromatic nitrogens is 1. The molecule has 1 aliphatic rings. The zero-order chi connectivity index (χ0) is 26.8. The van der Waals surface area contributed by atoms with Crippen LogP contribution in [0.15, 0.2) is 59.0 Å². The molecule has 2 N–H and O–H groups in total. The van der Waals surface area contributed by atoms with Crippen LogP contribution in [0, 0.1) is 17.0 Å². The number of hydrogen-bond acceptors (Lipinski definition) is 7. The van der Waals surface area contributed by atoms with E-state index in [9.17, 15) is 14.9 Å². The Bertz CT molecular complexity index is 1560. The number of piperidine rings is 1. The van der Waals surface area contributed by atoms with Crippen LogP contribution in [-0.4, -0.2) is 34.0 Å². The second kappa shape index (κ2) is 10.8. The lowest BCUT2D eigenvalue weighted by Crippen LogP contribution is -2.34. The predicted octanol–water partition coefficient (Wildman–Crippen LogP) is 6.48. The number of amides is 1. The summed E-state index contributed by atoms with van der Waals surface area (Å²) < 4.78 is 5.86. The third kappa shape index (κ3) is 5.46. The third-order valence-electron chi connectivity index (χ3n) is 6.42. The van der Waals surface area contributed by atoms with Crippen molar-refractivity contribution < 1.29 is 14.1 Å². The molecule has 1 aromatic heterocycles. The van der Waals surface area contributed by atoms with E-state index in [4.69, 9.17) is 28.2 Å². The van der Waals surface area contributed by atoms with Crippen molar-refractivity contribution in [2.24, 2.45) is 0 Å². The molecule has 3 aromatic carbocycles. The zero-order valence-corrected chi connectivity index (χ0v) is 22.1. The lowest BCUT2D eigenvalue weighted by molar-refractivity contribution is -0.384. The summed E-state index contributed by atoms with van der Waals surface area (Å²) in [5.74, 6) is -0.110. The molecule has 38 heavy (non-hydrogen) atoms. The number of anilines is 2. The van der Waals surface area contributed by atoms with E-state index in [0.29, 0.717) is 33.4 Å². The summed E-state index contributed by atoms with van der Waals surface area (Å²) in [4.78, 5) is 30.6. The predicted molar refractivity (Wildman–Crippen MR) is 152 cm³/mol. The van der Waals surface area contributed by atoms with Crippen LogP contribution in [0.2, 0.25) is 5.02 Å². The Morgan fingerprint density at radius 1 is 1.11 bits per heavy atom. The number of nitrogens with zero attached hydrogens (tertiary/aromatic N) is 3. The monoisotopic (exact) mass is 549 g/mol. The third-order valence-corrected chi connectivity index (χ3v) is 7.03. The van der Waals surface area contributed by atoms with Gasteiger partial charge in [0.1, 0.15) is 11.2 Å². The summed E-state index contributed by atoms with van der Waals surface area (Å²) in [6.45, 7) is 3.44. The molecule has 194 valence electrons. The first kappa shape index (κ1) is 25.6. The van der Waals surface area contributed by atoms with Crippen LogP contribution in [0.5, 0.6) is 0 Å². The van der Waals surface area contributed by atoms with E-state index in [2.05, 4.69) is 15.6 Å². The van der Waals surface area contributed by atoms with Crippen LogP contribution in [-0.2, 0) is 0 Å². The molecule has 0 spiro atoms. The highest BCUT2D eigenvalue weighted by atomic mass is 35.5. The molecule has 0 saturated carbocycles. The van der Waals surface area contributed by atoms with Gasteiger partial charge in [0, 0.05) is 41.0 Å². The maximum absolute atomic E-state index is 12.8. The van der Waals surface area contributed by atoms with Gasteiger partial charge in [0.05, 0.1) is 4.92 Å². The molecule has 1 aliphatic heterocycles. The van der Waals surface area contributed by atoms with Crippen molar-refractivity contribution in [3.05, 3.63) is 80.9 Å². The minimum atomic E-state index is -0.545. The summed E-state index contributed by atoms with van der Waals surface area (Å²) >= 11 is 11.5. The second-order valence-corrected chi connectivity index (χ2v) is 9.90. The lowest BCUT2D eigenvalue weighted by Gasteiger charge is -2.28. The van der Waals surface area contributed by atoms with Gasteiger partial charge in [0.15, 0.2) is 10.7 Å². The van der Waals surface area contributed by atoms with E-state index in [0.717, 1.165) is 43.5 Å². The zero-order valence-electron chi connectivity index (χ0n) is 20.5. The maximum Gasteiger partial charge on any atom is 0.293 e. The number of fused-ring (bicyclic) bond motifs is 1. The number of nitro benzene ring substituents is 1. The number of carbonyl (C=O) groups excluding carboxylic acids is 1. The fourth-order valence-corrected chi connectivity index (χ4v) is 4.80. The van der Waals surface area contributed by atoms with Crippen molar-refractivity contribution in [2.45, 2.75) is 26.2 Å². The summed E-state index contributed by atoms with van der Waals surface area (Å²) in [6.07, 6.45) is 3.09. The number of carbonyl (C=O) groups is 1. The summed E-state index contributed by atoms with van der Waals surface area (Å²) in [5, 5.41) is 17.9. The van der Waals surface area contributed by atoms with Crippen LogP contribution in [0.4, 0.5) is 17.1 Å².